The van der Waals surface area contributed by atoms with Crippen molar-refractivity contribution in [2.24, 2.45) is 0 Å². The second kappa shape index (κ2) is 9.22. The molecule has 2 amide bonds. The van der Waals surface area contributed by atoms with Crippen LogP contribution in [0.15, 0.2) is 54.7 Å². The van der Waals surface area contributed by atoms with Crippen LogP contribution in [0.5, 0.6) is 0 Å². The molecule has 2 heterocycles. The molecular formula is C28H27N5O2. The number of fused-ring (bicyclic) bond motifs is 3. The number of hydrogen-bond donors (Lipinski definition) is 2. The van der Waals surface area contributed by atoms with Crippen molar-refractivity contribution in [2.45, 2.75) is 44.1 Å². The molecule has 2 aromatic carbocycles. The van der Waals surface area contributed by atoms with E-state index in [2.05, 4.69) is 21.5 Å². The van der Waals surface area contributed by atoms with Gasteiger partial charge in [-0.15, -0.1) is 6.42 Å². The van der Waals surface area contributed by atoms with Gasteiger partial charge >= 0.3 is 0 Å². The van der Waals surface area contributed by atoms with Crippen LogP contribution in [0.4, 0.5) is 17.3 Å². The zero-order chi connectivity index (χ0) is 24.4. The van der Waals surface area contributed by atoms with E-state index in [4.69, 9.17) is 11.4 Å². The highest BCUT2D eigenvalue weighted by Crippen LogP contribution is 2.35. The average Bonchev–Trinajstić information content (AvgIpc) is 2.99. The van der Waals surface area contributed by atoms with Crippen LogP contribution in [0, 0.1) is 12.3 Å². The maximum Gasteiger partial charge on any atom is 0.252 e. The molecule has 0 spiro atoms. The van der Waals surface area contributed by atoms with Crippen LogP contribution < -0.4 is 15.5 Å². The summed E-state index contributed by atoms with van der Waals surface area (Å²) in [5, 5.41) is 6.28. The van der Waals surface area contributed by atoms with E-state index in [1.165, 1.54) is 0 Å². The third kappa shape index (κ3) is 4.47. The summed E-state index contributed by atoms with van der Waals surface area (Å²) in [4.78, 5) is 36.2. The molecule has 35 heavy (non-hydrogen) atoms. The van der Waals surface area contributed by atoms with Gasteiger partial charge in [0.05, 0.1) is 17.8 Å². The number of carbonyl (C=O) groups excluding carboxylic acids is 2. The van der Waals surface area contributed by atoms with Crippen LogP contribution in [-0.4, -0.2) is 34.4 Å². The number of terminal acetylenes is 1. The van der Waals surface area contributed by atoms with Crippen LogP contribution >= 0.6 is 0 Å². The molecule has 3 aromatic rings. The van der Waals surface area contributed by atoms with E-state index >= 15 is 0 Å². The van der Waals surface area contributed by atoms with Gasteiger partial charge in [-0.25, -0.2) is 9.97 Å². The van der Waals surface area contributed by atoms with Gasteiger partial charge in [-0.3, -0.25) is 9.59 Å². The minimum atomic E-state index is -0.548. The third-order valence-corrected chi connectivity index (χ3v) is 6.84. The van der Waals surface area contributed by atoms with Crippen LogP contribution in [0.3, 0.4) is 0 Å². The topological polar surface area (TPSA) is 87.2 Å². The molecule has 0 saturated heterocycles. The Hall–Kier alpha value is -4.18. The van der Waals surface area contributed by atoms with Gasteiger partial charge < -0.3 is 15.5 Å². The van der Waals surface area contributed by atoms with Gasteiger partial charge in [-0.2, -0.15) is 0 Å². The van der Waals surface area contributed by atoms with Gasteiger partial charge in [-0.1, -0.05) is 43.4 Å². The zero-order valence-electron chi connectivity index (χ0n) is 19.7. The van der Waals surface area contributed by atoms with Gasteiger partial charge in [0.25, 0.3) is 5.91 Å². The number of benzene rings is 2. The van der Waals surface area contributed by atoms with E-state index in [0.29, 0.717) is 11.5 Å². The lowest BCUT2D eigenvalue weighted by Gasteiger charge is -2.33. The molecule has 7 nitrogen and oxygen atoms in total. The first-order chi connectivity index (χ1) is 17.0. The minimum Gasteiger partial charge on any atom is -0.336 e. The van der Waals surface area contributed by atoms with E-state index in [-0.39, 0.29) is 18.2 Å². The molecule has 0 bridgehead atoms. The molecule has 7 heteroatoms. The maximum atomic E-state index is 12.8. The number of aromatic nitrogens is 2. The molecule has 1 saturated carbocycles. The fraction of sp³-hybridized carbons (Fsp3) is 0.286. The number of para-hydroxylation sites is 1. The third-order valence-electron chi connectivity index (χ3n) is 6.84. The van der Waals surface area contributed by atoms with Crippen molar-refractivity contribution in [1.82, 2.24) is 15.3 Å². The first-order valence-corrected chi connectivity index (χ1v) is 11.9. The highest BCUT2D eigenvalue weighted by molar-refractivity contribution is 6.01. The second-order valence-corrected chi connectivity index (χ2v) is 9.16. The lowest BCUT2D eigenvalue weighted by atomic mass is 9.82. The first kappa shape index (κ1) is 22.6. The van der Waals surface area contributed by atoms with Gasteiger partial charge in [0.2, 0.25) is 11.9 Å². The van der Waals surface area contributed by atoms with Crippen LogP contribution in [-0.2, 0) is 11.2 Å². The quantitative estimate of drug-likeness (QED) is 0.555. The molecule has 1 aliphatic carbocycles. The highest BCUT2D eigenvalue weighted by Gasteiger charge is 2.31. The largest absolute Gasteiger partial charge is 0.336 e. The smallest absolute Gasteiger partial charge is 0.252 e. The lowest BCUT2D eigenvalue weighted by Crippen LogP contribution is -2.48. The number of carbonyl (C=O) groups is 2. The number of nitrogens with zero attached hydrogens (tertiary/aromatic N) is 3. The van der Waals surface area contributed by atoms with E-state index in [0.717, 1.165) is 60.3 Å². The van der Waals surface area contributed by atoms with Crippen LogP contribution in [0.25, 0.3) is 11.3 Å². The monoisotopic (exact) mass is 465 g/mol. The molecule has 5 rings (SSSR count). The molecule has 0 unspecified atom stereocenters. The Labute approximate surface area is 205 Å². The molecule has 1 aromatic heterocycles. The Balaban J connectivity index is 1.35. The van der Waals surface area contributed by atoms with Crippen molar-refractivity contribution in [3.05, 3.63) is 65.9 Å². The molecule has 1 aliphatic heterocycles. The van der Waals surface area contributed by atoms with Gasteiger partial charge in [0.15, 0.2) is 0 Å². The van der Waals surface area contributed by atoms with Crippen molar-refractivity contribution < 1.29 is 9.59 Å². The average molecular weight is 466 g/mol. The summed E-state index contributed by atoms with van der Waals surface area (Å²) in [7, 11) is 1.77. The lowest BCUT2D eigenvalue weighted by molar-refractivity contribution is -0.117. The molecule has 2 aliphatic rings. The number of rotatable bonds is 4. The van der Waals surface area contributed by atoms with E-state index in [9.17, 15) is 9.59 Å². The van der Waals surface area contributed by atoms with Gasteiger partial charge in [0.1, 0.15) is 5.54 Å². The van der Waals surface area contributed by atoms with E-state index in [1.54, 1.807) is 30.3 Å². The second-order valence-electron chi connectivity index (χ2n) is 9.16. The number of anilines is 3. The normalized spacial score (nSPS) is 16.3. The molecule has 0 atom stereocenters. The molecular weight excluding hydrogens is 438 g/mol. The molecule has 2 N–H and O–H groups in total. The van der Waals surface area contributed by atoms with Crippen LogP contribution in [0.1, 0.15) is 48.0 Å². The van der Waals surface area contributed by atoms with Crippen LogP contribution in [0.2, 0.25) is 0 Å². The zero-order valence-corrected chi connectivity index (χ0v) is 19.7. The van der Waals surface area contributed by atoms with Crippen molar-refractivity contribution in [1.29, 1.82) is 0 Å². The molecule has 0 radical (unpaired) electrons. The summed E-state index contributed by atoms with van der Waals surface area (Å²) in [5.74, 6) is 3.07. The summed E-state index contributed by atoms with van der Waals surface area (Å²) in [6.07, 6.45) is 12.6. The Morgan fingerprint density at radius 2 is 1.83 bits per heavy atom. The molecule has 176 valence electrons. The fourth-order valence-electron chi connectivity index (χ4n) is 4.80. The van der Waals surface area contributed by atoms with Gasteiger partial charge in [-0.05, 0) is 43.2 Å². The first-order valence-electron chi connectivity index (χ1n) is 11.9. The Morgan fingerprint density at radius 3 is 2.57 bits per heavy atom. The fourth-order valence-corrected chi connectivity index (χ4v) is 4.80. The van der Waals surface area contributed by atoms with Crippen molar-refractivity contribution in [2.75, 3.05) is 17.3 Å². The Morgan fingerprint density at radius 1 is 1.09 bits per heavy atom. The number of hydrogen-bond acceptors (Lipinski definition) is 5. The Bertz CT molecular complexity index is 1320. The SMILES string of the molecule is C#CC1(NC(=O)c2ccc(Nc3ncc4c(n3)-c3ccccc3N(C)C(=O)C4)cc2)CCCCC1. The standard InChI is InChI=1S/C28H27N5O2/c1-3-28(15-7-4-8-16-28)32-26(35)19-11-13-21(14-12-19)30-27-29-18-20-17-24(34)33(2)23-10-6-5-9-22(23)25(20)31-27/h1,5-6,9-14,18H,4,7-8,15-17H2,2H3,(H,32,35)(H,29,30,31). The van der Waals surface area contributed by atoms with E-state index < -0.39 is 5.54 Å². The Kier molecular flexibility index (Phi) is 5.96. The molecule has 1 fully saturated rings. The summed E-state index contributed by atoms with van der Waals surface area (Å²) in [6.45, 7) is 0. The van der Waals surface area contributed by atoms with Crippen molar-refractivity contribution in [3.63, 3.8) is 0 Å². The van der Waals surface area contributed by atoms with E-state index in [1.807, 2.05) is 36.4 Å². The predicted molar refractivity (Wildman–Crippen MR) is 136 cm³/mol. The number of likely N-dealkylation sites (N-methyl/N-ethyl adjacent to an activating group) is 1. The van der Waals surface area contributed by atoms with Gasteiger partial charge in [0, 0.05) is 35.6 Å². The summed E-state index contributed by atoms with van der Waals surface area (Å²) >= 11 is 0. The summed E-state index contributed by atoms with van der Waals surface area (Å²) < 4.78 is 0. The maximum absolute atomic E-state index is 12.8. The summed E-state index contributed by atoms with van der Waals surface area (Å²) in [6, 6.07) is 14.9. The number of amides is 2. The highest BCUT2D eigenvalue weighted by atomic mass is 16.2. The van der Waals surface area contributed by atoms with Crippen molar-refractivity contribution in [3.8, 4) is 23.6 Å². The summed E-state index contributed by atoms with van der Waals surface area (Å²) in [5.41, 5.74) is 3.98. The van der Waals surface area contributed by atoms with Crippen molar-refractivity contribution >= 4 is 29.1 Å². The number of nitrogens with one attached hydrogen (secondary N) is 2. The predicted octanol–water partition coefficient (Wildman–Crippen LogP) is 4.47. The minimum absolute atomic E-state index is 0.00535.